The van der Waals surface area contributed by atoms with Gasteiger partial charge in [-0.15, -0.1) is 0 Å². The van der Waals surface area contributed by atoms with Gasteiger partial charge in [-0.05, 0) is 13.0 Å². The van der Waals surface area contributed by atoms with E-state index in [2.05, 4.69) is 10.4 Å². The molecule has 2 atom stereocenters. The highest BCUT2D eigenvalue weighted by atomic mass is 19.1. The van der Waals surface area contributed by atoms with Gasteiger partial charge in [0.15, 0.2) is 0 Å². The van der Waals surface area contributed by atoms with Crippen LogP contribution in [0.2, 0.25) is 0 Å². The molecule has 8 heteroatoms. The van der Waals surface area contributed by atoms with Gasteiger partial charge in [0, 0.05) is 36.7 Å². The van der Waals surface area contributed by atoms with Crippen molar-refractivity contribution in [2.45, 2.75) is 19.4 Å². The minimum Gasteiger partial charge on any atom is -0.462 e. The first kappa shape index (κ1) is 17.1. The van der Waals surface area contributed by atoms with Crippen LogP contribution in [0.3, 0.4) is 0 Å². The summed E-state index contributed by atoms with van der Waals surface area (Å²) >= 11 is 0. The summed E-state index contributed by atoms with van der Waals surface area (Å²) in [5.41, 5.74) is 0.438. The largest absolute Gasteiger partial charge is 0.462 e. The van der Waals surface area contributed by atoms with Gasteiger partial charge in [-0.3, -0.25) is 9.48 Å². The quantitative estimate of drug-likeness (QED) is 0.839. The number of benzene rings is 1. The normalized spacial score (nSPS) is 18.0. The second-order valence-electron chi connectivity index (χ2n) is 5.81. The Morgan fingerprint density at radius 1 is 1.48 bits per heavy atom. The molecule has 132 valence electrons. The molecule has 25 heavy (non-hydrogen) atoms. The molecule has 6 nitrogen and oxygen atoms in total. The van der Waals surface area contributed by atoms with Crippen LogP contribution in [0, 0.1) is 17.6 Å². The molecule has 2 heterocycles. The fourth-order valence-electron chi connectivity index (χ4n) is 3.01. The third kappa shape index (κ3) is 3.52. The summed E-state index contributed by atoms with van der Waals surface area (Å²) in [6.07, 6.45) is 2.97. The summed E-state index contributed by atoms with van der Waals surface area (Å²) < 4.78 is 34.0. The van der Waals surface area contributed by atoms with Gasteiger partial charge in [-0.1, -0.05) is 6.07 Å². The lowest BCUT2D eigenvalue weighted by atomic mass is 9.91. The Hall–Kier alpha value is -2.77. The Labute approximate surface area is 142 Å². The Morgan fingerprint density at radius 3 is 2.92 bits per heavy atom. The highest BCUT2D eigenvalue weighted by Crippen LogP contribution is 2.32. The van der Waals surface area contributed by atoms with Crippen molar-refractivity contribution in [3.63, 3.8) is 0 Å². The Kier molecular flexibility index (Phi) is 4.78. The molecule has 1 N–H and O–H groups in total. The van der Waals surface area contributed by atoms with E-state index in [9.17, 15) is 18.4 Å². The minimum absolute atomic E-state index is 0.143. The number of aromatic nitrogens is 2. The van der Waals surface area contributed by atoms with Crippen molar-refractivity contribution in [1.82, 2.24) is 15.1 Å². The van der Waals surface area contributed by atoms with Crippen LogP contribution in [0.15, 0.2) is 30.6 Å². The Bertz CT molecular complexity index is 806. The van der Waals surface area contributed by atoms with E-state index in [1.54, 1.807) is 6.92 Å². The van der Waals surface area contributed by atoms with Crippen LogP contribution < -0.4 is 5.32 Å². The summed E-state index contributed by atoms with van der Waals surface area (Å²) in [7, 11) is 0. The number of rotatable bonds is 5. The molecule has 2 aromatic rings. The van der Waals surface area contributed by atoms with Crippen molar-refractivity contribution in [2.75, 3.05) is 13.2 Å². The maximum absolute atomic E-state index is 14.3. The standard InChI is InChI=1S/C17H17F2N3O3/c1-2-25-17(24)11-8-21-22(9-11)16(10-5-15(23)20-7-10)13-4-3-12(18)6-14(13)19/h3-4,6,8-10,16H,2,5,7H2,1H3,(H,20,23). The monoisotopic (exact) mass is 349 g/mol. The van der Waals surface area contributed by atoms with Crippen molar-refractivity contribution in [3.05, 3.63) is 53.4 Å². The van der Waals surface area contributed by atoms with Gasteiger partial charge in [0.25, 0.3) is 0 Å². The van der Waals surface area contributed by atoms with Crippen molar-refractivity contribution >= 4 is 11.9 Å². The molecule has 1 amide bonds. The van der Waals surface area contributed by atoms with Crippen LogP contribution in [0.5, 0.6) is 0 Å². The van der Waals surface area contributed by atoms with E-state index in [1.165, 1.54) is 23.1 Å². The number of esters is 1. The fraction of sp³-hybridized carbons (Fsp3) is 0.353. The maximum Gasteiger partial charge on any atom is 0.341 e. The van der Waals surface area contributed by atoms with E-state index < -0.39 is 23.6 Å². The fourth-order valence-corrected chi connectivity index (χ4v) is 3.01. The van der Waals surface area contributed by atoms with Gasteiger partial charge in [-0.25, -0.2) is 13.6 Å². The van der Waals surface area contributed by atoms with Crippen LogP contribution in [-0.2, 0) is 9.53 Å². The van der Waals surface area contributed by atoms with Crippen LogP contribution in [0.25, 0.3) is 0 Å². The molecule has 0 radical (unpaired) electrons. The lowest BCUT2D eigenvalue weighted by molar-refractivity contribution is -0.119. The smallest absolute Gasteiger partial charge is 0.341 e. The summed E-state index contributed by atoms with van der Waals surface area (Å²) in [5.74, 6) is -2.36. The van der Waals surface area contributed by atoms with Crippen LogP contribution in [0.4, 0.5) is 8.78 Å². The predicted octanol–water partition coefficient (Wildman–Crippen LogP) is 2.06. The average Bonchev–Trinajstić information content (AvgIpc) is 3.20. The molecule has 1 aliphatic rings. The SMILES string of the molecule is CCOC(=O)c1cnn(C(c2ccc(F)cc2F)C2CNC(=O)C2)c1. The summed E-state index contributed by atoms with van der Waals surface area (Å²) in [5, 5.41) is 6.85. The predicted molar refractivity (Wildman–Crippen MR) is 83.8 cm³/mol. The van der Waals surface area contributed by atoms with E-state index >= 15 is 0 Å². The lowest BCUT2D eigenvalue weighted by Crippen LogP contribution is -2.24. The number of nitrogens with zero attached hydrogens (tertiary/aromatic N) is 2. The van der Waals surface area contributed by atoms with Crippen LogP contribution >= 0.6 is 0 Å². The van der Waals surface area contributed by atoms with Gasteiger partial charge in [0.2, 0.25) is 5.91 Å². The zero-order valence-electron chi connectivity index (χ0n) is 13.5. The number of carbonyl (C=O) groups excluding carboxylic acids is 2. The number of ether oxygens (including phenoxy) is 1. The van der Waals surface area contributed by atoms with Crippen molar-refractivity contribution < 1.29 is 23.1 Å². The molecule has 3 rings (SSSR count). The molecule has 0 bridgehead atoms. The second kappa shape index (κ2) is 7.00. The zero-order chi connectivity index (χ0) is 18.0. The Morgan fingerprint density at radius 2 is 2.28 bits per heavy atom. The minimum atomic E-state index is -0.725. The van der Waals surface area contributed by atoms with E-state index in [1.807, 2.05) is 0 Å². The van der Waals surface area contributed by atoms with Gasteiger partial charge < -0.3 is 10.1 Å². The van der Waals surface area contributed by atoms with E-state index in [-0.39, 0.29) is 36.0 Å². The molecule has 0 saturated carbocycles. The first-order valence-electron chi connectivity index (χ1n) is 7.92. The second-order valence-corrected chi connectivity index (χ2v) is 5.81. The number of halogens is 2. The number of hydrogen-bond acceptors (Lipinski definition) is 4. The third-order valence-corrected chi connectivity index (χ3v) is 4.13. The molecule has 1 aromatic carbocycles. The summed E-state index contributed by atoms with van der Waals surface area (Å²) in [4.78, 5) is 23.4. The average molecular weight is 349 g/mol. The van der Waals surface area contributed by atoms with Crippen molar-refractivity contribution in [1.29, 1.82) is 0 Å². The molecule has 1 fully saturated rings. The molecule has 1 aliphatic heterocycles. The number of hydrogen-bond donors (Lipinski definition) is 1. The topological polar surface area (TPSA) is 73.2 Å². The molecule has 1 aromatic heterocycles. The van der Waals surface area contributed by atoms with Crippen molar-refractivity contribution in [2.24, 2.45) is 5.92 Å². The van der Waals surface area contributed by atoms with Gasteiger partial charge >= 0.3 is 5.97 Å². The number of amides is 1. The Balaban J connectivity index is 1.99. The molecule has 0 spiro atoms. The van der Waals surface area contributed by atoms with E-state index in [0.717, 1.165) is 12.1 Å². The first-order chi connectivity index (χ1) is 12.0. The van der Waals surface area contributed by atoms with Gasteiger partial charge in [0.05, 0.1) is 24.4 Å². The first-order valence-corrected chi connectivity index (χ1v) is 7.92. The lowest BCUT2D eigenvalue weighted by Gasteiger charge is -2.23. The number of nitrogens with one attached hydrogen (secondary N) is 1. The van der Waals surface area contributed by atoms with Crippen LogP contribution in [-0.4, -0.2) is 34.8 Å². The van der Waals surface area contributed by atoms with E-state index in [0.29, 0.717) is 6.54 Å². The zero-order valence-corrected chi connectivity index (χ0v) is 13.5. The third-order valence-electron chi connectivity index (χ3n) is 4.13. The van der Waals surface area contributed by atoms with Gasteiger partial charge in [0.1, 0.15) is 11.6 Å². The van der Waals surface area contributed by atoms with Crippen LogP contribution in [0.1, 0.15) is 35.3 Å². The molecule has 1 saturated heterocycles. The van der Waals surface area contributed by atoms with E-state index in [4.69, 9.17) is 4.74 Å². The van der Waals surface area contributed by atoms with Crippen molar-refractivity contribution in [3.8, 4) is 0 Å². The maximum atomic E-state index is 14.3. The molecule has 2 unspecified atom stereocenters. The highest BCUT2D eigenvalue weighted by molar-refractivity contribution is 5.88. The summed E-state index contributed by atoms with van der Waals surface area (Å²) in [6, 6.07) is 2.64. The molecular weight excluding hydrogens is 332 g/mol. The van der Waals surface area contributed by atoms with Gasteiger partial charge in [-0.2, -0.15) is 5.10 Å². The number of carbonyl (C=O) groups is 2. The highest BCUT2D eigenvalue weighted by Gasteiger charge is 2.34. The molecular formula is C17H17F2N3O3. The molecule has 0 aliphatic carbocycles. The summed E-state index contributed by atoms with van der Waals surface area (Å²) in [6.45, 7) is 2.25.